The van der Waals surface area contributed by atoms with Crippen molar-refractivity contribution >= 4 is 5.91 Å². The van der Waals surface area contributed by atoms with Crippen LogP contribution >= 0.6 is 0 Å². The summed E-state index contributed by atoms with van der Waals surface area (Å²) in [5, 5.41) is 0. The fourth-order valence-electron chi connectivity index (χ4n) is 1.59. The first-order valence-corrected chi connectivity index (χ1v) is 3.95. The zero-order chi connectivity index (χ0) is 8.43. The van der Waals surface area contributed by atoms with Crippen molar-refractivity contribution < 1.29 is 9.53 Å². The minimum atomic E-state index is 0.150. The molecular formula is C8H15NO2. The lowest BCUT2D eigenvalue weighted by molar-refractivity contribution is -0.129. The summed E-state index contributed by atoms with van der Waals surface area (Å²) < 4.78 is 5.17. The van der Waals surface area contributed by atoms with Gasteiger partial charge in [-0.15, -0.1) is 0 Å². The number of amides is 1. The highest BCUT2D eigenvalue weighted by Gasteiger charge is 2.30. The number of ether oxygens (including phenoxy) is 1. The molecule has 0 spiro atoms. The van der Waals surface area contributed by atoms with Crippen LogP contribution in [0.4, 0.5) is 0 Å². The molecule has 0 aromatic rings. The Kier molecular flexibility index (Phi) is 2.49. The molecule has 1 aliphatic heterocycles. The van der Waals surface area contributed by atoms with Gasteiger partial charge in [0.1, 0.15) is 0 Å². The van der Waals surface area contributed by atoms with Gasteiger partial charge < -0.3 is 9.64 Å². The van der Waals surface area contributed by atoms with E-state index in [0.717, 1.165) is 13.0 Å². The van der Waals surface area contributed by atoms with E-state index in [1.54, 1.807) is 14.0 Å². The Morgan fingerprint density at radius 3 is 2.55 bits per heavy atom. The summed E-state index contributed by atoms with van der Waals surface area (Å²) in [7, 11) is 1.70. The standard InChI is InChI=1S/C8H15NO2/c1-6-4-8(11-3)5-9(6)7(2)10/h6,8H,4-5H2,1-3H3. The second kappa shape index (κ2) is 3.22. The van der Waals surface area contributed by atoms with Gasteiger partial charge in [0, 0.05) is 26.6 Å². The molecule has 0 saturated carbocycles. The maximum Gasteiger partial charge on any atom is 0.219 e. The Hall–Kier alpha value is -0.570. The second-order valence-electron chi connectivity index (χ2n) is 3.11. The SMILES string of the molecule is COC1CC(C)N(C(C)=O)C1. The number of hydrogen-bond donors (Lipinski definition) is 0. The molecule has 64 valence electrons. The summed E-state index contributed by atoms with van der Waals surface area (Å²) in [6, 6.07) is 0.345. The lowest BCUT2D eigenvalue weighted by Gasteiger charge is -2.18. The maximum absolute atomic E-state index is 11.0. The van der Waals surface area contributed by atoms with Crippen molar-refractivity contribution in [2.75, 3.05) is 13.7 Å². The Morgan fingerprint density at radius 2 is 2.27 bits per heavy atom. The topological polar surface area (TPSA) is 29.5 Å². The van der Waals surface area contributed by atoms with Crippen molar-refractivity contribution in [1.29, 1.82) is 0 Å². The van der Waals surface area contributed by atoms with Gasteiger partial charge in [-0.25, -0.2) is 0 Å². The first-order valence-electron chi connectivity index (χ1n) is 3.95. The fraction of sp³-hybridized carbons (Fsp3) is 0.875. The van der Waals surface area contributed by atoms with Crippen molar-refractivity contribution in [3.05, 3.63) is 0 Å². The minimum absolute atomic E-state index is 0.150. The third-order valence-electron chi connectivity index (χ3n) is 2.27. The molecule has 0 bridgehead atoms. The van der Waals surface area contributed by atoms with E-state index in [1.807, 2.05) is 4.90 Å². The largest absolute Gasteiger partial charge is 0.380 e. The quantitative estimate of drug-likeness (QED) is 0.559. The lowest BCUT2D eigenvalue weighted by Crippen LogP contribution is -2.32. The molecule has 0 aromatic carbocycles. The predicted molar refractivity (Wildman–Crippen MR) is 42.3 cm³/mol. The Bertz CT molecular complexity index is 158. The van der Waals surface area contributed by atoms with Gasteiger partial charge in [-0.05, 0) is 13.3 Å². The van der Waals surface area contributed by atoms with Crippen LogP contribution < -0.4 is 0 Å². The monoisotopic (exact) mass is 157 g/mol. The third kappa shape index (κ3) is 1.71. The van der Waals surface area contributed by atoms with Gasteiger partial charge in [0.2, 0.25) is 5.91 Å². The molecule has 3 heteroatoms. The highest BCUT2D eigenvalue weighted by molar-refractivity contribution is 5.73. The van der Waals surface area contributed by atoms with E-state index in [2.05, 4.69) is 6.92 Å². The van der Waals surface area contributed by atoms with Crippen LogP contribution in [0.15, 0.2) is 0 Å². The van der Waals surface area contributed by atoms with Gasteiger partial charge in [0.05, 0.1) is 6.10 Å². The van der Waals surface area contributed by atoms with Gasteiger partial charge in [-0.1, -0.05) is 0 Å². The van der Waals surface area contributed by atoms with Crippen molar-refractivity contribution in [3.63, 3.8) is 0 Å². The first kappa shape index (κ1) is 8.53. The molecule has 1 aliphatic rings. The zero-order valence-electron chi connectivity index (χ0n) is 7.33. The van der Waals surface area contributed by atoms with E-state index in [9.17, 15) is 4.79 Å². The van der Waals surface area contributed by atoms with E-state index in [-0.39, 0.29) is 12.0 Å². The number of hydrogen-bond acceptors (Lipinski definition) is 2. The van der Waals surface area contributed by atoms with Crippen LogP contribution in [-0.2, 0) is 9.53 Å². The number of carbonyl (C=O) groups excluding carboxylic acids is 1. The molecular weight excluding hydrogens is 142 g/mol. The number of likely N-dealkylation sites (tertiary alicyclic amines) is 1. The van der Waals surface area contributed by atoms with Gasteiger partial charge in [0.15, 0.2) is 0 Å². The van der Waals surface area contributed by atoms with E-state index in [1.165, 1.54) is 0 Å². The normalized spacial score (nSPS) is 31.0. The molecule has 2 atom stereocenters. The molecule has 0 aliphatic carbocycles. The molecule has 2 unspecified atom stereocenters. The number of methoxy groups -OCH3 is 1. The van der Waals surface area contributed by atoms with Crippen LogP contribution in [0.5, 0.6) is 0 Å². The smallest absolute Gasteiger partial charge is 0.219 e. The summed E-state index contributed by atoms with van der Waals surface area (Å²) in [6.07, 6.45) is 1.21. The summed E-state index contributed by atoms with van der Waals surface area (Å²) in [5.74, 6) is 0.150. The second-order valence-corrected chi connectivity index (χ2v) is 3.11. The van der Waals surface area contributed by atoms with Crippen LogP contribution in [0, 0.1) is 0 Å². The zero-order valence-corrected chi connectivity index (χ0v) is 7.33. The summed E-state index contributed by atoms with van der Waals surface area (Å²) >= 11 is 0. The van der Waals surface area contributed by atoms with E-state index in [0.29, 0.717) is 6.04 Å². The van der Waals surface area contributed by atoms with Crippen molar-refractivity contribution in [2.45, 2.75) is 32.4 Å². The van der Waals surface area contributed by atoms with Crippen LogP contribution in [0.2, 0.25) is 0 Å². The summed E-state index contributed by atoms with van der Waals surface area (Å²) in [6.45, 7) is 4.42. The number of rotatable bonds is 1. The van der Waals surface area contributed by atoms with Gasteiger partial charge in [-0.2, -0.15) is 0 Å². The Labute approximate surface area is 67.3 Å². The average Bonchev–Trinajstić information content (AvgIpc) is 2.30. The van der Waals surface area contributed by atoms with E-state index in [4.69, 9.17) is 4.74 Å². The predicted octanol–water partition coefficient (Wildman–Crippen LogP) is 0.642. The number of carbonyl (C=O) groups is 1. The van der Waals surface area contributed by atoms with E-state index < -0.39 is 0 Å². The first-order chi connectivity index (χ1) is 5.15. The molecule has 1 rings (SSSR count). The summed E-state index contributed by atoms with van der Waals surface area (Å²) in [5.41, 5.74) is 0. The minimum Gasteiger partial charge on any atom is -0.380 e. The maximum atomic E-state index is 11.0. The lowest BCUT2D eigenvalue weighted by atomic mass is 10.2. The molecule has 3 nitrogen and oxygen atoms in total. The van der Waals surface area contributed by atoms with Gasteiger partial charge in [-0.3, -0.25) is 4.79 Å². The van der Waals surface area contributed by atoms with Gasteiger partial charge >= 0.3 is 0 Å². The molecule has 1 saturated heterocycles. The third-order valence-corrected chi connectivity index (χ3v) is 2.27. The van der Waals surface area contributed by atoms with Gasteiger partial charge in [0.25, 0.3) is 0 Å². The summed E-state index contributed by atoms with van der Waals surface area (Å²) in [4.78, 5) is 12.8. The van der Waals surface area contributed by atoms with Crippen LogP contribution in [0.3, 0.4) is 0 Å². The molecule has 1 fully saturated rings. The van der Waals surface area contributed by atoms with Crippen LogP contribution in [0.1, 0.15) is 20.3 Å². The molecule has 11 heavy (non-hydrogen) atoms. The molecule has 1 heterocycles. The fourth-order valence-corrected chi connectivity index (χ4v) is 1.59. The van der Waals surface area contributed by atoms with Crippen LogP contribution in [-0.4, -0.2) is 36.6 Å². The van der Waals surface area contributed by atoms with Crippen molar-refractivity contribution in [2.24, 2.45) is 0 Å². The highest BCUT2D eigenvalue weighted by atomic mass is 16.5. The van der Waals surface area contributed by atoms with Crippen LogP contribution in [0.25, 0.3) is 0 Å². The molecule has 1 amide bonds. The Balaban J connectivity index is 2.51. The highest BCUT2D eigenvalue weighted by Crippen LogP contribution is 2.18. The van der Waals surface area contributed by atoms with Crippen molar-refractivity contribution in [1.82, 2.24) is 4.90 Å². The Morgan fingerprint density at radius 1 is 1.64 bits per heavy atom. The van der Waals surface area contributed by atoms with Crippen molar-refractivity contribution in [3.8, 4) is 0 Å². The average molecular weight is 157 g/mol. The molecule has 0 N–H and O–H groups in total. The number of nitrogens with zero attached hydrogens (tertiary/aromatic N) is 1. The molecule has 0 radical (unpaired) electrons. The van der Waals surface area contributed by atoms with E-state index >= 15 is 0 Å². The molecule has 0 aromatic heterocycles.